The number of nitrogens with zero attached hydrogens (tertiary/aromatic N) is 3. The third-order valence-electron chi connectivity index (χ3n) is 5.98. The molecule has 2 amide bonds. The van der Waals surface area contributed by atoms with Crippen molar-refractivity contribution in [2.75, 3.05) is 12.4 Å². The van der Waals surface area contributed by atoms with E-state index in [4.69, 9.17) is 10.1 Å². The minimum absolute atomic E-state index is 0.0753. The molecule has 0 atom stereocenters. The molecule has 0 bridgehead atoms. The molecule has 0 saturated heterocycles. The molecule has 0 unspecified atom stereocenters. The molecule has 2 aliphatic rings. The first-order chi connectivity index (χ1) is 14.5. The maximum Gasteiger partial charge on any atom is 0.318 e. The average molecular weight is 412 g/mol. The smallest absolute Gasteiger partial charge is 0.318 e. The lowest BCUT2D eigenvalue weighted by molar-refractivity contribution is 0.144. The molecule has 1 aromatic carbocycles. The zero-order valence-electron chi connectivity index (χ0n) is 18.2. The Balaban J connectivity index is 0.00000124. The SMILES string of the molecule is CC1(C)c2cnc(NC3CCCCC3)nc2CN1C(=O)NCc1ccccc1.CO. The standard InChI is InChI=1S/C22H29N5O.CH4O/c1-22(2)18-14-23-20(25-17-11-7-4-8-12-17)26-19(18)15-27(22)21(28)24-13-16-9-5-3-6-10-16;1-2/h3,5-6,9-10,14,17H,4,7-8,11-13,15H2,1-2H3,(H,24,28)(H,23,25,26);2H,1H3. The molecule has 2 heterocycles. The van der Waals surface area contributed by atoms with Crippen LogP contribution in [-0.4, -0.2) is 39.2 Å². The number of aromatic nitrogens is 2. The quantitative estimate of drug-likeness (QED) is 0.712. The van der Waals surface area contributed by atoms with Crippen molar-refractivity contribution < 1.29 is 9.90 Å². The average Bonchev–Trinajstić information content (AvgIpc) is 3.05. The maximum atomic E-state index is 12.9. The summed E-state index contributed by atoms with van der Waals surface area (Å²) in [5.74, 6) is 0.688. The fourth-order valence-electron chi connectivity index (χ4n) is 4.24. The molecule has 7 heteroatoms. The molecule has 4 rings (SSSR count). The van der Waals surface area contributed by atoms with Crippen molar-refractivity contribution in [3.63, 3.8) is 0 Å². The van der Waals surface area contributed by atoms with E-state index >= 15 is 0 Å². The zero-order valence-corrected chi connectivity index (χ0v) is 18.2. The van der Waals surface area contributed by atoms with E-state index in [1.165, 1.54) is 32.1 Å². The number of nitrogens with one attached hydrogen (secondary N) is 2. The summed E-state index contributed by atoms with van der Waals surface area (Å²) in [5.41, 5.74) is 2.62. The highest BCUT2D eigenvalue weighted by Gasteiger charge is 2.41. The van der Waals surface area contributed by atoms with Gasteiger partial charge in [-0.1, -0.05) is 49.6 Å². The highest BCUT2D eigenvalue weighted by molar-refractivity contribution is 5.76. The first-order valence-electron chi connectivity index (χ1n) is 10.7. The third kappa shape index (κ3) is 4.90. The van der Waals surface area contributed by atoms with Crippen LogP contribution in [0.25, 0.3) is 0 Å². The number of aliphatic hydroxyl groups is 1. The largest absolute Gasteiger partial charge is 0.400 e. The van der Waals surface area contributed by atoms with Crippen LogP contribution in [0.15, 0.2) is 36.5 Å². The van der Waals surface area contributed by atoms with E-state index in [9.17, 15) is 4.79 Å². The van der Waals surface area contributed by atoms with Gasteiger partial charge in [-0.2, -0.15) is 0 Å². The van der Waals surface area contributed by atoms with Crippen molar-refractivity contribution in [3.05, 3.63) is 53.3 Å². The van der Waals surface area contributed by atoms with Crippen LogP contribution in [0.4, 0.5) is 10.7 Å². The molecule has 0 radical (unpaired) electrons. The van der Waals surface area contributed by atoms with E-state index in [2.05, 4.69) is 29.5 Å². The van der Waals surface area contributed by atoms with Crippen molar-refractivity contribution in [3.8, 4) is 0 Å². The number of hydrogen-bond donors (Lipinski definition) is 3. The summed E-state index contributed by atoms with van der Waals surface area (Å²) in [7, 11) is 1.00. The summed E-state index contributed by atoms with van der Waals surface area (Å²) in [6.07, 6.45) is 8.11. The molecule has 1 aromatic heterocycles. The molecular formula is C23H33N5O2. The highest BCUT2D eigenvalue weighted by atomic mass is 16.2. The van der Waals surface area contributed by atoms with Crippen LogP contribution in [0.1, 0.15) is 62.8 Å². The van der Waals surface area contributed by atoms with Crippen molar-refractivity contribution in [1.29, 1.82) is 0 Å². The second-order valence-corrected chi connectivity index (χ2v) is 8.32. The zero-order chi connectivity index (χ0) is 21.6. The Kier molecular flexibility index (Phi) is 7.26. The Morgan fingerprint density at radius 2 is 1.87 bits per heavy atom. The fraction of sp³-hybridized carbons (Fsp3) is 0.522. The second-order valence-electron chi connectivity index (χ2n) is 8.32. The summed E-state index contributed by atoms with van der Waals surface area (Å²) >= 11 is 0. The van der Waals surface area contributed by atoms with Gasteiger partial charge in [-0.15, -0.1) is 0 Å². The molecule has 7 nitrogen and oxygen atoms in total. The van der Waals surface area contributed by atoms with Crippen LogP contribution in [0.3, 0.4) is 0 Å². The molecule has 1 fully saturated rings. The molecule has 162 valence electrons. The summed E-state index contributed by atoms with van der Waals surface area (Å²) in [6.45, 7) is 5.13. The number of fused-ring (bicyclic) bond motifs is 1. The number of hydrogen-bond acceptors (Lipinski definition) is 5. The molecule has 1 aliphatic carbocycles. The highest BCUT2D eigenvalue weighted by Crippen LogP contribution is 2.38. The van der Waals surface area contributed by atoms with Crippen LogP contribution < -0.4 is 10.6 Å². The van der Waals surface area contributed by atoms with Gasteiger partial charge in [-0.25, -0.2) is 14.8 Å². The normalized spacial score (nSPS) is 17.5. The van der Waals surface area contributed by atoms with Crippen LogP contribution in [0.5, 0.6) is 0 Å². The summed E-state index contributed by atoms with van der Waals surface area (Å²) in [4.78, 5) is 24.0. The predicted molar refractivity (Wildman–Crippen MR) is 118 cm³/mol. The van der Waals surface area contributed by atoms with Crippen molar-refractivity contribution >= 4 is 12.0 Å². The number of aliphatic hydroxyl groups excluding tert-OH is 1. The number of anilines is 1. The molecule has 0 spiro atoms. The molecule has 30 heavy (non-hydrogen) atoms. The van der Waals surface area contributed by atoms with Crippen LogP contribution in [0, 0.1) is 0 Å². The lowest BCUT2D eigenvalue weighted by atomic mass is 9.95. The molecular weight excluding hydrogens is 378 g/mol. The minimum atomic E-state index is -0.431. The molecule has 2 aromatic rings. The number of carbonyl (C=O) groups is 1. The lowest BCUT2D eigenvalue weighted by Gasteiger charge is -2.32. The third-order valence-corrected chi connectivity index (χ3v) is 5.98. The summed E-state index contributed by atoms with van der Waals surface area (Å²) in [5, 5.41) is 13.5. The number of carbonyl (C=O) groups excluding carboxylic acids is 1. The van der Waals surface area contributed by atoms with Gasteiger partial charge in [-0.05, 0) is 32.3 Å². The monoisotopic (exact) mass is 411 g/mol. The molecule has 1 saturated carbocycles. The van der Waals surface area contributed by atoms with Gasteiger partial charge in [0.25, 0.3) is 0 Å². The number of urea groups is 1. The van der Waals surface area contributed by atoms with E-state index in [0.717, 1.165) is 23.9 Å². The van der Waals surface area contributed by atoms with Crippen molar-refractivity contribution in [2.45, 2.75) is 70.6 Å². The van der Waals surface area contributed by atoms with Gasteiger partial charge in [0.15, 0.2) is 0 Å². The van der Waals surface area contributed by atoms with Gasteiger partial charge < -0.3 is 20.6 Å². The van der Waals surface area contributed by atoms with Gasteiger partial charge in [0.1, 0.15) is 0 Å². The Hall–Kier alpha value is -2.67. The number of rotatable bonds is 4. The first kappa shape index (κ1) is 22.0. The maximum absolute atomic E-state index is 12.9. The predicted octanol–water partition coefficient (Wildman–Crippen LogP) is 3.79. The summed E-state index contributed by atoms with van der Waals surface area (Å²) < 4.78 is 0. The minimum Gasteiger partial charge on any atom is -0.400 e. The van der Waals surface area contributed by atoms with Gasteiger partial charge in [0.2, 0.25) is 5.95 Å². The number of amides is 2. The van der Waals surface area contributed by atoms with E-state index in [-0.39, 0.29) is 6.03 Å². The summed E-state index contributed by atoms with van der Waals surface area (Å²) in [6, 6.07) is 10.3. The van der Waals surface area contributed by atoms with Gasteiger partial charge in [-0.3, -0.25) is 0 Å². The van der Waals surface area contributed by atoms with Gasteiger partial charge >= 0.3 is 6.03 Å². The van der Waals surface area contributed by atoms with E-state index in [1.54, 1.807) is 0 Å². The van der Waals surface area contributed by atoms with Crippen molar-refractivity contribution in [2.24, 2.45) is 0 Å². The second kappa shape index (κ2) is 9.89. The Labute approximate surface area is 178 Å². The first-order valence-corrected chi connectivity index (χ1v) is 10.7. The lowest BCUT2D eigenvalue weighted by Crippen LogP contribution is -2.45. The van der Waals surface area contributed by atoms with Gasteiger partial charge in [0.05, 0.1) is 17.8 Å². The van der Waals surface area contributed by atoms with Gasteiger partial charge in [0, 0.05) is 31.5 Å². The van der Waals surface area contributed by atoms with Crippen molar-refractivity contribution in [1.82, 2.24) is 20.2 Å². The Morgan fingerprint density at radius 3 is 2.57 bits per heavy atom. The number of benzene rings is 1. The Morgan fingerprint density at radius 1 is 1.17 bits per heavy atom. The molecule has 3 N–H and O–H groups in total. The molecule has 1 aliphatic heterocycles. The Bertz CT molecular complexity index is 835. The van der Waals surface area contributed by atoms with Crippen LogP contribution in [0.2, 0.25) is 0 Å². The van der Waals surface area contributed by atoms with Crippen LogP contribution in [-0.2, 0) is 18.6 Å². The fourth-order valence-corrected chi connectivity index (χ4v) is 4.24. The van der Waals surface area contributed by atoms with E-state index in [0.29, 0.717) is 25.1 Å². The topological polar surface area (TPSA) is 90.4 Å². The van der Waals surface area contributed by atoms with E-state index in [1.807, 2.05) is 41.4 Å². The van der Waals surface area contributed by atoms with E-state index < -0.39 is 5.54 Å². The van der Waals surface area contributed by atoms with Crippen LogP contribution >= 0.6 is 0 Å².